The third kappa shape index (κ3) is 6.15. The lowest BCUT2D eigenvalue weighted by atomic mass is 10.1. The Balaban J connectivity index is 1.59. The molecule has 0 saturated carbocycles. The van der Waals surface area contributed by atoms with Crippen molar-refractivity contribution >= 4 is 34.0 Å². The number of aromatic nitrogens is 5. The van der Waals surface area contributed by atoms with Crippen LogP contribution in [0.25, 0.3) is 21.9 Å². The number of halogens is 2. The molecule has 0 bridgehead atoms. The Labute approximate surface area is 252 Å². The Morgan fingerprint density at radius 1 is 1.18 bits per heavy atom. The fraction of sp³-hybridized carbons (Fsp3) is 0.452. The number of imidazole rings is 1. The molecule has 1 N–H and O–H groups in total. The Morgan fingerprint density at radius 3 is 2.64 bits per heavy atom. The lowest BCUT2D eigenvalue weighted by Gasteiger charge is -2.34. The number of nitrogens with zero attached hydrogens (tertiary/aromatic N) is 6. The van der Waals surface area contributed by atoms with Crippen LogP contribution in [0.2, 0.25) is 0 Å². The van der Waals surface area contributed by atoms with E-state index in [1.165, 1.54) is 17.7 Å². The summed E-state index contributed by atoms with van der Waals surface area (Å²) >= 11 is 0. The quantitative estimate of drug-likeness (QED) is 0.330. The van der Waals surface area contributed by atoms with Gasteiger partial charge in [-0.05, 0) is 52.0 Å². The molecule has 13 heteroatoms. The molecular formula is C31H35F2N7O4. The molecule has 1 saturated heterocycles. The van der Waals surface area contributed by atoms with Crippen LogP contribution in [0.4, 0.5) is 19.5 Å². The molecule has 5 rings (SSSR count). The van der Waals surface area contributed by atoms with Gasteiger partial charge in [0, 0.05) is 31.6 Å². The van der Waals surface area contributed by atoms with Crippen LogP contribution in [0.1, 0.15) is 58.3 Å². The second-order valence-corrected chi connectivity index (χ2v) is 11.8. The fourth-order valence-electron chi connectivity index (χ4n) is 5.48. The molecule has 11 nitrogen and oxygen atoms in total. The summed E-state index contributed by atoms with van der Waals surface area (Å²) in [7, 11) is 1.51. The van der Waals surface area contributed by atoms with Crippen LogP contribution in [0, 0.1) is 11.8 Å². The van der Waals surface area contributed by atoms with E-state index in [4.69, 9.17) is 9.72 Å². The molecular weight excluding hydrogens is 572 g/mol. The van der Waals surface area contributed by atoms with Gasteiger partial charge in [-0.25, -0.2) is 23.4 Å². The van der Waals surface area contributed by atoms with Gasteiger partial charge in [0.15, 0.2) is 11.2 Å². The first-order chi connectivity index (χ1) is 20.9. The van der Waals surface area contributed by atoms with E-state index < -0.39 is 35.1 Å². The number of amides is 1. The summed E-state index contributed by atoms with van der Waals surface area (Å²) in [5.74, 6) is 6.27. The number of anilines is 1. The normalized spacial score (nSPS) is 15.5. The monoisotopic (exact) mass is 607 g/mol. The molecule has 1 amide bonds. The highest BCUT2D eigenvalue weighted by Gasteiger charge is 2.29. The molecule has 1 unspecified atom stereocenters. The van der Waals surface area contributed by atoms with E-state index in [1.54, 1.807) is 56.5 Å². The number of hydrogen-bond acceptors (Lipinski definition) is 7. The zero-order chi connectivity index (χ0) is 31.8. The summed E-state index contributed by atoms with van der Waals surface area (Å²) in [5, 5.41) is 4.01. The van der Waals surface area contributed by atoms with Crippen LogP contribution < -0.4 is 21.5 Å². The summed E-state index contributed by atoms with van der Waals surface area (Å²) in [5.41, 5.74) is -1.85. The molecule has 0 radical (unpaired) electrons. The Bertz CT molecular complexity index is 1910. The number of alkyl halides is 2. The number of hydrogen-bond donors (Lipinski definition) is 1. The maximum absolute atomic E-state index is 14.1. The Kier molecular flexibility index (Phi) is 8.45. The van der Waals surface area contributed by atoms with Gasteiger partial charge >= 0.3 is 11.8 Å². The first-order valence-corrected chi connectivity index (χ1v) is 14.4. The fourth-order valence-corrected chi connectivity index (χ4v) is 5.48. The molecule has 232 valence electrons. The van der Waals surface area contributed by atoms with E-state index in [9.17, 15) is 23.2 Å². The summed E-state index contributed by atoms with van der Waals surface area (Å²) in [4.78, 5) is 50.9. The van der Waals surface area contributed by atoms with Gasteiger partial charge in [-0.1, -0.05) is 30.2 Å². The molecule has 1 fully saturated rings. The lowest BCUT2D eigenvalue weighted by molar-refractivity contribution is 0.0499. The molecule has 1 aliphatic rings. The minimum atomic E-state index is -2.82. The zero-order valence-corrected chi connectivity index (χ0v) is 25.4. The summed E-state index contributed by atoms with van der Waals surface area (Å²) < 4.78 is 36.8. The zero-order valence-electron chi connectivity index (χ0n) is 25.4. The second kappa shape index (κ2) is 12.1. The molecule has 4 aromatic rings. The SMILES string of the molecule is CC#CCn1c(N2CCCC(NC(=O)OC(C)(C)C)C2)nc2c1c(=O)n(Cc1nc(C(F)F)cc3ccccc13)c(=O)n2C. The molecule has 1 atom stereocenters. The Morgan fingerprint density at radius 2 is 1.93 bits per heavy atom. The Hall–Kier alpha value is -4.73. The standard InChI is InChI=1S/C31H35F2N7O4/c1-6-7-15-39-24-26(36-28(39)38-14-10-12-20(17-38)34-29(42)44-31(2,3)4)37(5)30(43)40(27(24)41)18-23-21-13-9-8-11-19(21)16-22(35-23)25(32)33/h8-9,11,13,16,20,25H,10,12,14-15,17-18H2,1-5H3,(H,34,42). The van der Waals surface area contributed by atoms with Gasteiger partial charge in [-0.15, -0.1) is 5.92 Å². The number of aryl methyl sites for hydroxylation is 1. The number of alkyl carbamates (subject to hydrolysis) is 1. The average Bonchev–Trinajstić information content (AvgIpc) is 3.35. The highest BCUT2D eigenvalue weighted by Crippen LogP contribution is 2.26. The van der Waals surface area contributed by atoms with Crippen molar-refractivity contribution in [3.63, 3.8) is 0 Å². The summed E-state index contributed by atoms with van der Waals surface area (Å²) in [6.45, 7) is 7.88. The number of nitrogens with one attached hydrogen (secondary N) is 1. The topological polar surface area (TPSA) is 116 Å². The van der Waals surface area contributed by atoms with E-state index in [2.05, 4.69) is 22.1 Å². The number of benzene rings is 1. The molecule has 0 aliphatic carbocycles. The minimum absolute atomic E-state index is 0.123. The van der Waals surface area contributed by atoms with Gasteiger partial charge in [-0.3, -0.25) is 18.5 Å². The first-order valence-electron chi connectivity index (χ1n) is 14.4. The van der Waals surface area contributed by atoms with Gasteiger partial charge in [-0.2, -0.15) is 4.98 Å². The summed E-state index contributed by atoms with van der Waals surface area (Å²) in [6, 6.07) is 7.95. The van der Waals surface area contributed by atoms with Crippen molar-refractivity contribution in [1.82, 2.24) is 29.0 Å². The maximum atomic E-state index is 14.1. The van der Waals surface area contributed by atoms with E-state index in [0.717, 1.165) is 17.4 Å². The van der Waals surface area contributed by atoms with Crippen molar-refractivity contribution in [1.29, 1.82) is 0 Å². The van der Waals surface area contributed by atoms with E-state index in [-0.39, 0.29) is 36.0 Å². The number of carbonyl (C=O) groups is 1. The van der Waals surface area contributed by atoms with E-state index >= 15 is 0 Å². The van der Waals surface area contributed by atoms with Gasteiger partial charge in [0.1, 0.15) is 11.3 Å². The largest absolute Gasteiger partial charge is 0.444 e. The van der Waals surface area contributed by atoms with Crippen LogP contribution in [0.15, 0.2) is 39.9 Å². The number of ether oxygens (including phenoxy) is 1. The summed E-state index contributed by atoms with van der Waals surface area (Å²) in [6.07, 6.45) is -1.87. The predicted octanol–water partition coefficient (Wildman–Crippen LogP) is 3.95. The van der Waals surface area contributed by atoms with Crippen molar-refractivity contribution in [2.24, 2.45) is 7.05 Å². The lowest BCUT2D eigenvalue weighted by Crippen LogP contribution is -2.49. The highest BCUT2D eigenvalue weighted by atomic mass is 19.3. The average molecular weight is 608 g/mol. The van der Waals surface area contributed by atoms with Crippen LogP contribution >= 0.6 is 0 Å². The van der Waals surface area contributed by atoms with Crippen molar-refractivity contribution in [3.8, 4) is 11.8 Å². The first kappa shape index (κ1) is 30.7. The molecule has 3 aromatic heterocycles. The van der Waals surface area contributed by atoms with Crippen molar-refractivity contribution < 1.29 is 18.3 Å². The van der Waals surface area contributed by atoms with Crippen molar-refractivity contribution in [2.45, 2.75) is 71.7 Å². The minimum Gasteiger partial charge on any atom is -0.444 e. The number of fused-ring (bicyclic) bond motifs is 2. The van der Waals surface area contributed by atoms with Gasteiger partial charge < -0.3 is 15.0 Å². The number of pyridine rings is 1. The van der Waals surface area contributed by atoms with Gasteiger partial charge in [0.05, 0.1) is 18.8 Å². The molecule has 4 heterocycles. The van der Waals surface area contributed by atoms with Crippen molar-refractivity contribution in [2.75, 3.05) is 18.0 Å². The van der Waals surface area contributed by atoms with Crippen LogP contribution in [0.5, 0.6) is 0 Å². The van der Waals surface area contributed by atoms with Crippen molar-refractivity contribution in [3.05, 3.63) is 62.6 Å². The van der Waals surface area contributed by atoms with Crippen LogP contribution in [0.3, 0.4) is 0 Å². The smallest absolute Gasteiger partial charge is 0.407 e. The molecule has 44 heavy (non-hydrogen) atoms. The molecule has 1 aliphatic heterocycles. The maximum Gasteiger partial charge on any atom is 0.407 e. The van der Waals surface area contributed by atoms with E-state index in [0.29, 0.717) is 29.8 Å². The number of carbonyl (C=O) groups excluding carboxylic acids is 1. The third-order valence-electron chi connectivity index (χ3n) is 7.42. The second-order valence-electron chi connectivity index (χ2n) is 11.8. The van der Waals surface area contributed by atoms with Gasteiger partial charge in [0.2, 0.25) is 5.95 Å². The van der Waals surface area contributed by atoms with Gasteiger partial charge in [0.25, 0.3) is 12.0 Å². The number of rotatable bonds is 6. The van der Waals surface area contributed by atoms with Crippen LogP contribution in [-0.4, -0.2) is 54.5 Å². The third-order valence-corrected chi connectivity index (χ3v) is 7.42. The highest BCUT2D eigenvalue weighted by molar-refractivity contribution is 5.85. The molecule has 0 spiro atoms. The van der Waals surface area contributed by atoms with E-state index in [1.807, 2.05) is 4.90 Å². The molecule has 1 aromatic carbocycles. The predicted molar refractivity (Wildman–Crippen MR) is 163 cm³/mol. The van der Waals surface area contributed by atoms with Crippen LogP contribution in [-0.2, 0) is 24.9 Å². The number of piperidine rings is 1.